The lowest BCUT2D eigenvalue weighted by molar-refractivity contribution is 0.0625. The summed E-state index contributed by atoms with van der Waals surface area (Å²) in [4.78, 5) is 18.6. The number of hydrogen-bond donors (Lipinski definition) is 0. The number of para-hydroxylation sites is 1. The van der Waals surface area contributed by atoms with E-state index in [2.05, 4.69) is 30.9 Å². The van der Waals surface area contributed by atoms with Crippen molar-refractivity contribution in [3.8, 4) is 5.75 Å². The largest absolute Gasteiger partial charge is 0.489 e. The molecule has 2 aliphatic heterocycles. The first-order valence-electron chi connectivity index (χ1n) is 9.08. The van der Waals surface area contributed by atoms with E-state index in [1.54, 1.807) is 11.3 Å². The quantitative estimate of drug-likeness (QED) is 0.785. The van der Waals surface area contributed by atoms with Crippen LogP contribution in [0.4, 0.5) is 0 Å². The molecule has 26 heavy (non-hydrogen) atoms. The molecule has 6 heteroatoms. The number of hydrogen-bond acceptors (Lipinski definition) is 4. The van der Waals surface area contributed by atoms with Gasteiger partial charge in [0.15, 0.2) is 0 Å². The second-order valence-electron chi connectivity index (χ2n) is 7.11. The molecular formula is C20H23ClN2O2S. The predicted octanol–water partition coefficient (Wildman–Crippen LogP) is 4.24. The molecule has 3 heterocycles. The first-order chi connectivity index (χ1) is 12.5. The van der Waals surface area contributed by atoms with Crippen molar-refractivity contribution >= 4 is 28.8 Å². The molecule has 0 aliphatic carbocycles. The van der Waals surface area contributed by atoms with Gasteiger partial charge in [-0.25, -0.2) is 0 Å². The Hall–Kier alpha value is -1.56. The minimum atomic E-state index is 0.0852. The molecule has 0 bridgehead atoms. The van der Waals surface area contributed by atoms with Crippen LogP contribution in [0.25, 0.3) is 0 Å². The second kappa shape index (κ2) is 7.22. The number of ether oxygens (including phenoxy) is 1. The highest BCUT2D eigenvalue weighted by Gasteiger charge is 2.33. The van der Waals surface area contributed by atoms with Crippen LogP contribution in [0.1, 0.15) is 40.6 Å². The normalized spacial score (nSPS) is 23.0. The average molecular weight is 391 g/mol. The molecule has 0 spiro atoms. The first-order valence-corrected chi connectivity index (χ1v) is 10.3. The van der Waals surface area contributed by atoms with Crippen molar-refractivity contribution in [2.24, 2.45) is 0 Å². The van der Waals surface area contributed by atoms with Crippen LogP contribution in [0.5, 0.6) is 5.75 Å². The molecule has 2 aromatic rings. The van der Waals surface area contributed by atoms with Crippen molar-refractivity contribution in [2.45, 2.75) is 32.4 Å². The van der Waals surface area contributed by atoms with E-state index in [1.807, 2.05) is 23.1 Å². The van der Waals surface area contributed by atoms with Crippen LogP contribution < -0.4 is 4.74 Å². The number of amides is 1. The number of carbonyl (C=O) groups excluding carboxylic acids is 1. The highest BCUT2D eigenvalue weighted by molar-refractivity contribution is 7.16. The average Bonchev–Trinajstić information content (AvgIpc) is 3.18. The Morgan fingerprint density at radius 3 is 2.65 bits per heavy atom. The van der Waals surface area contributed by atoms with Crippen molar-refractivity contribution in [1.29, 1.82) is 0 Å². The first kappa shape index (κ1) is 17.8. The summed E-state index contributed by atoms with van der Waals surface area (Å²) < 4.78 is 6.82. The van der Waals surface area contributed by atoms with E-state index < -0.39 is 0 Å². The summed E-state index contributed by atoms with van der Waals surface area (Å²) in [7, 11) is 0. The number of piperazine rings is 1. The summed E-state index contributed by atoms with van der Waals surface area (Å²) in [5.74, 6) is 1.20. The third-order valence-electron chi connectivity index (χ3n) is 5.44. The number of halogens is 1. The van der Waals surface area contributed by atoms with Crippen molar-refractivity contribution < 1.29 is 9.53 Å². The third-order valence-corrected chi connectivity index (χ3v) is 6.66. The van der Waals surface area contributed by atoms with E-state index in [0.717, 1.165) is 48.4 Å². The van der Waals surface area contributed by atoms with Crippen LogP contribution in [0.15, 0.2) is 30.3 Å². The van der Waals surface area contributed by atoms with E-state index in [9.17, 15) is 4.79 Å². The van der Waals surface area contributed by atoms with Crippen molar-refractivity contribution in [3.63, 3.8) is 0 Å². The van der Waals surface area contributed by atoms with E-state index in [0.29, 0.717) is 11.5 Å². The Bertz CT molecular complexity index is 814. The number of thiophene rings is 1. The van der Waals surface area contributed by atoms with Gasteiger partial charge in [0.2, 0.25) is 0 Å². The number of rotatable bonds is 3. The van der Waals surface area contributed by atoms with Gasteiger partial charge < -0.3 is 9.64 Å². The Kier molecular flexibility index (Phi) is 4.95. The van der Waals surface area contributed by atoms with E-state index in [1.165, 1.54) is 4.88 Å². The molecule has 2 atom stereocenters. The van der Waals surface area contributed by atoms with Gasteiger partial charge in [0.1, 0.15) is 11.9 Å². The van der Waals surface area contributed by atoms with Gasteiger partial charge in [-0.2, -0.15) is 0 Å². The molecule has 0 saturated carbocycles. The van der Waals surface area contributed by atoms with Gasteiger partial charge in [-0.1, -0.05) is 30.7 Å². The highest BCUT2D eigenvalue weighted by atomic mass is 35.5. The second-order valence-corrected chi connectivity index (χ2v) is 8.91. The standard InChI is InChI=1S/C20H23ClN2O2S/c1-13-14(2)25-19-16(13)4-3-5-17(19)20(24)23-10-8-22(9-11-23)12-15-6-7-18(21)26-15/h3-7,13-14H,8-12H2,1-2H3/t13-,14+/m1/s1. The minimum absolute atomic E-state index is 0.0852. The SMILES string of the molecule is C[C@@H]1Oc2c(C(=O)N3CCN(Cc4ccc(Cl)s4)CC3)cccc2[C@@H]1C. The van der Waals surface area contributed by atoms with Gasteiger partial charge in [-0.15, -0.1) is 11.3 Å². The fraction of sp³-hybridized carbons (Fsp3) is 0.450. The fourth-order valence-corrected chi connectivity index (χ4v) is 4.82. The monoisotopic (exact) mass is 390 g/mol. The van der Waals surface area contributed by atoms with Gasteiger partial charge >= 0.3 is 0 Å². The maximum atomic E-state index is 13.1. The number of benzene rings is 1. The lowest BCUT2D eigenvalue weighted by atomic mass is 9.96. The molecule has 138 valence electrons. The van der Waals surface area contributed by atoms with Crippen molar-refractivity contribution in [3.05, 3.63) is 50.7 Å². The van der Waals surface area contributed by atoms with Crippen LogP contribution in [-0.2, 0) is 6.54 Å². The summed E-state index contributed by atoms with van der Waals surface area (Å²) in [5.41, 5.74) is 1.86. The van der Waals surface area contributed by atoms with Crippen LogP contribution in [-0.4, -0.2) is 48.0 Å². The molecule has 1 aromatic carbocycles. The molecule has 1 saturated heterocycles. The molecule has 4 nitrogen and oxygen atoms in total. The van der Waals surface area contributed by atoms with Gasteiger partial charge in [-0.3, -0.25) is 9.69 Å². The van der Waals surface area contributed by atoms with Crippen molar-refractivity contribution in [2.75, 3.05) is 26.2 Å². The van der Waals surface area contributed by atoms with Gasteiger partial charge in [-0.05, 0) is 25.1 Å². The molecule has 2 aliphatic rings. The number of fused-ring (bicyclic) bond motifs is 1. The van der Waals surface area contributed by atoms with Crippen LogP contribution in [0.3, 0.4) is 0 Å². The Morgan fingerprint density at radius 2 is 1.96 bits per heavy atom. The van der Waals surface area contributed by atoms with Gasteiger partial charge in [0.05, 0.1) is 9.90 Å². The van der Waals surface area contributed by atoms with Gasteiger partial charge in [0, 0.05) is 49.1 Å². The molecule has 1 amide bonds. The van der Waals surface area contributed by atoms with E-state index >= 15 is 0 Å². The zero-order valence-corrected chi connectivity index (χ0v) is 16.6. The third kappa shape index (κ3) is 3.36. The summed E-state index contributed by atoms with van der Waals surface area (Å²) >= 11 is 7.64. The maximum absolute atomic E-state index is 13.1. The molecule has 0 unspecified atom stereocenters. The molecular weight excluding hydrogens is 368 g/mol. The Morgan fingerprint density at radius 1 is 1.19 bits per heavy atom. The van der Waals surface area contributed by atoms with E-state index in [-0.39, 0.29) is 12.0 Å². The van der Waals surface area contributed by atoms with E-state index in [4.69, 9.17) is 16.3 Å². The maximum Gasteiger partial charge on any atom is 0.257 e. The zero-order valence-electron chi connectivity index (χ0n) is 15.1. The molecule has 1 fully saturated rings. The lowest BCUT2D eigenvalue weighted by Gasteiger charge is -2.34. The molecule has 0 N–H and O–H groups in total. The summed E-state index contributed by atoms with van der Waals surface area (Å²) in [6.07, 6.45) is 0.119. The minimum Gasteiger partial charge on any atom is -0.489 e. The summed E-state index contributed by atoms with van der Waals surface area (Å²) in [6, 6.07) is 9.97. The van der Waals surface area contributed by atoms with Crippen molar-refractivity contribution in [1.82, 2.24) is 9.80 Å². The van der Waals surface area contributed by atoms with Crippen LogP contribution >= 0.6 is 22.9 Å². The summed E-state index contributed by atoms with van der Waals surface area (Å²) in [5, 5.41) is 0. The number of carbonyl (C=O) groups is 1. The van der Waals surface area contributed by atoms with Crippen LogP contribution in [0, 0.1) is 0 Å². The lowest BCUT2D eigenvalue weighted by Crippen LogP contribution is -2.48. The predicted molar refractivity (Wildman–Crippen MR) is 105 cm³/mol. The van der Waals surface area contributed by atoms with Crippen LogP contribution in [0.2, 0.25) is 4.34 Å². The molecule has 0 radical (unpaired) electrons. The smallest absolute Gasteiger partial charge is 0.257 e. The number of nitrogens with zero attached hydrogens (tertiary/aromatic N) is 2. The topological polar surface area (TPSA) is 32.8 Å². The zero-order chi connectivity index (χ0) is 18.3. The fourth-order valence-electron chi connectivity index (χ4n) is 3.69. The molecule has 1 aromatic heterocycles. The Balaban J connectivity index is 1.42. The highest BCUT2D eigenvalue weighted by Crippen LogP contribution is 2.40. The summed E-state index contributed by atoms with van der Waals surface area (Å²) in [6.45, 7) is 8.36. The molecule has 4 rings (SSSR count). The van der Waals surface area contributed by atoms with Gasteiger partial charge in [0.25, 0.3) is 5.91 Å². The Labute approximate surface area is 163 Å².